The molecule has 7 heteroatoms. The van der Waals surface area contributed by atoms with E-state index < -0.39 is 10.1 Å². The van der Waals surface area contributed by atoms with E-state index in [0.717, 1.165) is 52.1 Å². The summed E-state index contributed by atoms with van der Waals surface area (Å²) < 4.78 is 32.6. The minimum atomic E-state index is -3.92. The first kappa shape index (κ1) is 23.2. The summed E-state index contributed by atoms with van der Waals surface area (Å²) in [5, 5.41) is 4.81. The molecule has 1 aliphatic carbocycles. The number of nitrogens with zero attached hydrogens (tertiary/aromatic N) is 2. The van der Waals surface area contributed by atoms with Crippen molar-refractivity contribution >= 4 is 27.7 Å². The van der Waals surface area contributed by atoms with Crippen molar-refractivity contribution in [1.82, 2.24) is 9.38 Å². The minimum absolute atomic E-state index is 0.247. The lowest BCUT2D eigenvalue weighted by Gasteiger charge is -2.24. The first-order chi connectivity index (χ1) is 17.0. The number of hydrogen-bond acceptors (Lipinski definition) is 5. The van der Waals surface area contributed by atoms with E-state index in [9.17, 15) is 8.42 Å². The molecule has 0 spiro atoms. The summed E-state index contributed by atoms with van der Waals surface area (Å²) in [5.41, 5.74) is 4.34. The lowest BCUT2D eigenvalue weighted by molar-refractivity contribution is 0.462. The minimum Gasteiger partial charge on any atom is -0.379 e. The Balaban J connectivity index is 1.46. The number of anilines is 1. The van der Waals surface area contributed by atoms with E-state index in [0.29, 0.717) is 6.04 Å². The molecule has 2 aromatic heterocycles. The first-order valence-electron chi connectivity index (χ1n) is 12.0. The van der Waals surface area contributed by atoms with Gasteiger partial charge in [-0.2, -0.15) is 8.42 Å². The standard InChI is InChI=1S/C28H29N3O3S/c1-21-15-17-31-26(19-21)30-27(28(31)29-24-12-6-3-7-13-24)23-11-8-14-25(20-23)34-35(32,33)18-16-22-9-4-2-5-10-22/h2,4-5,8-11,14-20,24,29H,3,6-7,12-13H2,1H3. The van der Waals surface area contributed by atoms with Crippen LogP contribution in [-0.4, -0.2) is 23.8 Å². The molecule has 1 N–H and O–H groups in total. The third-order valence-electron chi connectivity index (χ3n) is 6.27. The number of imidazole rings is 1. The molecular weight excluding hydrogens is 458 g/mol. The van der Waals surface area contributed by atoms with E-state index in [-0.39, 0.29) is 5.75 Å². The maximum atomic E-state index is 12.6. The zero-order chi connectivity index (χ0) is 24.3. The fourth-order valence-corrected chi connectivity index (χ4v) is 5.26. The van der Waals surface area contributed by atoms with Gasteiger partial charge in [-0.05, 0) is 61.2 Å². The highest BCUT2D eigenvalue weighted by Crippen LogP contribution is 2.33. The number of fused-ring (bicyclic) bond motifs is 1. The molecule has 2 heterocycles. The molecule has 180 valence electrons. The van der Waals surface area contributed by atoms with E-state index in [1.807, 2.05) is 49.5 Å². The van der Waals surface area contributed by atoms with E-state index in [2.05, 4.69) is 21.9 Å². The van der Waals surface area contributed by atoms with E-state index >= 15 is 0 Å². The Labute approximate surface area is 206 Å². The normalized spacial score (nSPS) is 15.0. The maximum Gasteiger partial charge on any atom is 0.332 e. The average Bonchev–Trinajstić information content (AvgIpc) is 3.21. The fraction of sp³-hybridized carbons (Fsp3) is 0.250. The molecule has 5 rings (SSSR count). The van der Waals surface area contributed by atoms with Crippen LogP contribution in [-0.2, 0) is 10.1 Å². The van der Waals surface area contributed by atoms with Gasteiger partial charge in [-0.1, -0.05) is 61.7 Å². The summed E-state index contributed by atoms with van der Waals surface area (Å²) in [7, 11) is -3.92. The van der Waals surface area contributed by atoms with E-state index in [4.69, 9.17) is 9.17 Å². The molecule has 6 nitrogen and oxygen atoms in total. The van der Waals surface area contributed by atoms with Gasteiger partial charge in [0.2, 0.25) is 0 Å². The van der Waals surface area contributed by atoms with Gasteiger partial charge in [0.15, 0.2) is 0 Å². The average molecular weight is 488 g/mol. The van der Waals surface area contributed by atoms with Crippen molar-refractivity contribution in [1.29, 1.82) is 0 Å². The van der Waals surface area contributed by atoms with Crippen LogP contribution in [0.2, 0.25) is 0 Å². The van der Waals surface area contributed by atoms with Gasteiger partial charge in [0.1, 0.15) is 22.9 Å². The van der Waals surface area contributed by atoms with Gasteiger partial charge >= 0.3 is 10.1 Å². The Morgan fingerprint density at radius 2 is 1.80 bits per heavy atom. The first-order valence-corrected chi connectivity index (χ1v) is 13.5. The molecule has 1 saturated carbocycles. The second kappa shape index (κ2) is 9.96. The van der Waals surface area contributed by atoms with Crippen molar-refractivity contribution in [3.8, 4) is 17.0 Å². The quantitative estimate of drug-likeness (QED) is 0.304. The number of nitrogens with one attached hydrogen (secondary N) is 1. The summed E-state index contributed by atoms with van der Waals surface area (Å²) in [6, 6.07) is 20.9. The molecule has 2 aromatic carbocycles. The van der Waals surface area contributed by atoms with Crippen LogP contribution >= 0.6 is 0 Å². The molecular formula is C28H29N3O3S. The summed E-state index contributed by atoms with van der Waals surface area (Å²) in [4.78, 5) is 4.90. The number of benzene rings is 2. The predicted octanol–water partition coefficient (Wildman–Crippen LogP) is 6.43. The zero-order valence-corrected chi connectivity index (χ0v) is 20.5. The van der Waals surface area contributed by atoms with Gasteiger partial charge in [-0.25, -0.2) is 4.98 Å². The highest BCUT2D eigenvalue weighted by Gasteiger charge is 2.20. The summed E-state index contributed by atoms with van der Waals surface area (Å²) in [5.74, 6) is 1.17. The van der Waals surface area contributed by atoms with Gasteiger partial charge in [0.25, 0.3) is 0 Å². The van der Waals surface area contributed by atoms with Crippen LogP contribution in [0.5, 0.6) is 5.75 Å². The van der Waals surface area contributed by atoms with Crippen molar-refractivity contribution in [2.75, 3.05) is 5.32 Å². The second-order valence-corrected chi connectivity index (χ2v) is 10.5. The van der Waals surface area contributed by atoms with Crippen LogP contribution in [0.1, 0.15) is 43.2 Å². The highest BCUT2D eigenvalue weighted by molar-refractivity contribution is 7.90. The number of pyridine rings is 1. The molecule has 0 unspecified atom stereocenters. The van der Waals surface area contributed by atoms with Crippen LogP contribution in [0.4, 0.5) is 5.82 Å². The Morgan fingerprint density at radius 1 is 1.00 bits per heavy atom. The Bertz CT molecular complexity index is 1450. The van der Waals surface area contributed by atoms with Crippen LogP contribution in [0.3, 0.4) is 0 Å². The summed E-state index contributed by atoms with van der Waals surface area (Å²) in [6.45, 7) is 2.05. The molecule has 35 heavy (non-hydrogen) atoms. The molecule has 1 fully saturated rings. The van der Waals surface area contributed by atoms with Gasteiger partial charge in [-0.15, -0.1) is 0 Å². The third-order valence-corrected chi connectivity index (χ3v) is 7.17. The maximum absolute atomic E-state index is 12.6. The molecule has 0 amide bonds. The van der Waals surface area contributed by atoms with Crippen LogP contribution in [0.25, 0.3) is 23.0 Å². The predicted molar refractivity (Wildman–Crippen MR) is 141 cm³/mol. The Kier molecular flexibility index (Phi) is 6.59. The van der Waals surface area contributed by atoms with Crippen molar-refractivity contribution in [2.45, 2.75) is 45.1 Å². The van der Waals surface area contributed by atoms with Crippen LogP contribution < -0.4 is 9.50 Å². The number of rotatable bonds is 7. The largest absolute Gasteiger partial charge is 0.379 e. The smallest absolute Gasteiger partial charge is 0.332 e. The van der Waals surface area contributed by atoms with Crippen molar-refractivity contribution in [3.05, 3.63) is 89.5 Å². The molecule has 0 saturated heterocycles. The van der Waals surface area contributed by atoms with Gasteiger partial charge in [0, 0.05) is 17.8 Å². The number of aryl methyl sites for hydroxylation is 1. The molecule has 0 atom stereocenters. The second-order valence-electron chi connectivity index (χ2n) is 9.04. The summed E-state index contributed by atoms with van der Waals surface area (Å²) in [6.07, 6.45) is 9.55. The number of aromatic nitrogens is 2. The van der Waals surface area contributed by atoms with Crippen molar-refractivity contribution in [3.63, 3.8) is 0 Å². The zero-order valence-electron chi connectivity index (χ0n) is 19.7. The number of hydrogen-bond donors (Lipinski definition) is 1. The van der Waals surface area contributed by atoms with Crippen LogP contribution in [0.15, 0.2) is 78.3 Å². The molecule has 4 aromatic rings. The van der Waals surface area contributed by atoms with Crippen LogP contribution in [0, 0.1) is 6.92 Å². The van der Waals surface area contributed by atoms with Gasteiger partial charge in [-0.3, -0.25) is 4.40 Å². The van der Waals surface area contributed by atoms with Gasteiger partial charge < -0.3 is 9.50 Å². The Hall–Kier alpha value is -3.58. The van der Waals surface area contributed by atoms with Crippen molar-refractivity contribution in [2.24, 2.45) is 0 Å². The topological polar surface area (TPSA) is 72.7 Å². The SMILES string of the molecule is Cc1ccn2c(NC3CCCCC3)c(-c3cccc(OS(=O)(=O)C=Cc4ccccc4)c3)nc2c1. The van der Waals surface area contributed by atoms with E-state index in [1.54, 1.807) is 18.2 Å². The molecule has 0 aliphatic heterocycles. The molecule has 1 aliphatic rings. The summed E-state index contributed by atoms with van der Waals surface area (Å²) >= 11 is 0. The van der Waals surface area contributed by atoms with Gasteiger partial charge in [0.05, 0.1) is 5.41 Å². The molecule has 0 radical (unpaired) electrons. The lowest BCUT2D eigenvalue weighted by atomic mass is 9.95. The van der Waals surface area contributed by atoms with Crippen molar-refractivity contribution < 1.29 is 12.6 Å². The fourth-order valence-electron chi connectivity index (χ4n) is 4.51. The monoisotopic (exact) mass is 487 g/mol. The Morgan fingerprint density at radius 3 is 2.60 bits per heavy atom. The third kappa shape index (κ3) is 5.57. The lowest BCUT2D eigenvalue weighted by Crippen LogP contribution is -2.23. The van der Waals surface area contributed by atoms with E-state index in [1.165, 1.54) is 25.3 Å². The highest BCUT2D eigenvalue weighted by atomic mass is 32.2. The molecule has 0 bridgehead atoms.